The summed E-state index contributed by atoms with van der Waals surface area (Å²) in [7, 11) is 1.59. The molecule has 1 atom stereocenters. The minimum Gasteiger partial charge on any atom is -0.497 e. The molecule has 0 spiro atoms. The number of piperidine rings is 1. The van der Waals surface area contributed by atoms with Crippen LogP contribution in [0.1, 0.15) is 12.8 Å². The van der Waals surface area contributed by atoms with Crippen molar-refractivity contribution in [3.05, 3.63) is 42.6 Å². The van der Waals surface area contributed by atoms with Gasteiger partial charge >= 0.3 is 12.0 Å². The molecule has 1 fully saturated rings. The molecule has 0 radical (unpaired) electrons. The van der Waals surface area contributed by atoms with Crippen LogP contribution in [-0.2, 0) is 4.79 Å². The first-order chi connectivity index (χ1) is 13.0. The van der Waals surface area contributed by atoms with Crippen molar-refractivity contribution in [2.45, 2.75) is 12.8 Å². The van der Waals surface area contributed by atoms with Crippen LogP contribution in [0.15, 0.2) is 42.6 Å². The first-order valence-electron chi connectivity index (χ1n) is 8.62. The van der Waals surface area contributed by atoms with E-state index in [2.05, 4.69) is 10.3 Å². The Morgan fingerprint density at radius 3 is 2.56 bits per heavy atom. The summed E-state index contributed by atoms with van der Waals surface area (Å²) in [5.74, 6) is 0.364. The fourth-order valence-electron chi connectivity index (χ4n) is 2.84. The van der Waals surface area contributed by atoms with E-state index in [1.54, 1.807) is 43.5 Å². The number of rotatable bonds is 5. The Morgan fingerprint density at radius 2 is 1.93 bits per heavy atom. The summed E-state index contributed by atoms with van der Waals surface area (Å²) in [5.41, 5.74) is 0.513. The number of nitrogens with zero attached hydrogens (tertiary/aromatic N) is 2. The molecule has 1 aliphatic rings. The van der Waals surface area contributed by atoms with Crippen LogP contribution in [0.4, 0.5) is 10.5 Å². The highest BCUT2D eigenvalue weighted by Gasteiger charge is 2.28. The van der Waals surface area contributed by atoms with Gasteiger partial charge in [0.05, 0.1) is 24.9 Å². The van der Waals surface area contributed by atoms with Gasteiger partial charge in [-0.05, 0) is 43.2 Å². The number of aromatic nitrogens is 1. The molecule has 0 aliphatic carbocycles. The van der Waals surface area contributed by atoms with Gasteiger partial charge < -0.3 is 24.8 Å². The Labute approximate surface area is 156 Å². The number of pyridine rings is 1. The van der Waals surface area contributed by atoms with Crippen molar-refractivity contribution in [3.63, 3.8) is 0 Å². The zero-order valence-corrected chi connectivity index (χ0v) is 14.9. The molecule has 3 rings (SSSR count). The maximum Gasteiger partial charge on any atom is 0.321 e. The van der Waals surface area contributed by atoms with Gasteiger partial charge in [0.1, 0.15) is 11.5 Å². The number of benzene rings is 1. The Hall–Kier alpha value is -3.29. The van der Waals surface area contributed by atoms with Crippen molar-refractivity contribution < 1.29 is 24.2 Å². The lowest BCUT2D eigenvalue weighted by atomic mass is 9.99. The number of hydrogen-bond donors (Lipinski definition) is 2. The van der Waals surface area contributed by atoms with Gasteiger partial charge in [-0.1, -0.05) is 0 Å². The number of likely N-dealkylation sites (tertiary alicyclic amines) is 1. The molecule has 2 aromatic rings. The van der Waals surface area contributed by atoms with Crippen molar-refractivity contribution in [1.29, 1.82) is 0 Å². The molecule has 142 valence electrons. The molecule has 2 N–H and O–H groups in total. The summed E-state index contributed by atoms with van der Waals surface area (Å²) in [6.45, 7) is 0.759. The topological polar surface area (TPSA) is 101 Å². The molecular weight excluding hydrogens is 350 g/mol. The average Bonchev–Trinajstić information content (AvgIpc) is 2.70. The fourth-order valence-corrected chi connectivity index (χ4v) is 2.84. The third-order valence-corrected chi connectivity index (χ3v) is 4.33. The van der Waals surface area contributed by atoms with Crippen LogP contribution in [0.3, 0.4) is 0 Å². The Morgan fingerprint density at radius 1 is 1.19 bits per heavy atom. The minimum absolute atomic E-state index is 0.216. The quantitative estimate of drug-likeness (QED) is 0.837. The van der Waals surface area contributed by atoms with Crippen molar-refractivity contribution in [1.82, 2.24) is 9.88 Å². The molecule has 2 heterocycles. The number of urea groups is 1. The summed E-state index contributed by atoms with van der Waals surface area (Å²) in [6.07, 6.45) is 2.77. The zero-order chi connectivity index (χ0) is 19.2. The lowest BCUT2D eigenvalue weighted by molar-refractivity contribution is -0.143. The number of ether oxygens (including phenoxy) is 2. The molecule has 2 amide bonds. The molecule has 1 aliphatic heterocycles. The van der Waals surface area contributed by atoms with E-state index in [1.165, 1.54) is 11.1 Å². The molecule has 27 heavy (non-hydrogen) atoms. The highest BCUT2D eigenvalue weighted by molar-refractivity contribution is 5.89. The normalized spacial score (nSPS) is 16.5. The smallest absolute Gasteiger partial charge is 0.321 e. The molecule has 0 saturated carbocycles. The second-order valence-electron chi connectivity index (χ2n) is 6.22. The maximum absolute atomic E-state index is 12.3. The number of aliphatic carboxylic acids is 1. The van der Waals surface area contributed by atoms with E-state index in [-0.39, 0.29) is 12.6 Å². The predicted molar refractivity (Wildman–Crippen MR) is 98.3 cm³/mol. The van der Waals surface area contributed by atoms with Gasteiger partial charge in [-0.3, -0.25) is 4.79 Å². The van der Waals surface area contributed by atoms with E-state index in [0.29, 0.717) is 36.7 Å². The largest absolute Gasteiger partial charge is 0.497 e. The van der Waals surface area contributed by atoms with Gasteiger partial charge in [-0.15, -0.1) is 0 Å². The molecule has 8 nitrogen and oxygen atoms in total. The van der Waals surface area contributed by atoms with Gasteiger partial charge in [0.15, 0.2) is 0 Å². The third-order valence-electron chi connectivity index (χ3n) is 4.33. The van der Waals surface area contributed by atoms with E-state index in [9.17, 15) is 9.59 Å². The van der Waals surface area contributed by atoms with E-state index >= 15 is 0 Å². The fraction of sp³-hybridized carbons (Fsp3) is 0.316. The number of carbonyl (C=O) groups is 2. The summed E-state index contributed by atoms with van der Waals surface area (Å²) < 4.78 is 10.7. The lowest BCUT2D eigenvalue weighted by Gasteiger charge is -2.30. The zero-order valence-electron chi connectivity index (χ0n) is 14.9. The summed E-state index contributed by atoms with van der Waals surface area (Å²) in [4.78, 5) is 29.1. The number of carboxylic acid groups (broad SMARTS) is 1. The number of amides is 2. The Bertz CT molecular complexity index is 792. The second-order valence-corrected chi connectivity index (χ2v) is 6.22. The third kappa shape index (κ3) is 4.87. The summed E-state index contributed by atoms with van der Waals surface area (Å²) in [5, 5.41) is 11.9. The second kappa shape index (κ2) is 8.39. The number of carbonyl (C=O) groups excluding carboxylic acids is 1. The van der Waals surface area contributed by atoms with Crippen molar-refractivity contribution in [2.75, 3.05) is 25.5 Å². The molecule has 0 bridgehead atoms. The van der Waals surface area contributed by atoms with E-state index in [1.807, 2.05) is 0 Å². The van der Waals surface area contributed by atoms with Gasteiger partial charge in [0.25, 0.3) is 0 Å². The van der Waals surface area contributed by atoms with E-state index in [4.69, 9.17) is 14.6 Å². The molecule has 1 aromatic heterocycles. The van der Waals surface area contributed by atoms with Gasteiger partial charge in [0.2, 0.25) is 5.88 Å². The maximum atomic E-state index is 12.3. The SMILES string of the molecule is COc1ccc(Oc2ccc(NC(=O)N3CCCC(C(=O)O)C3)cn2)cc1. The lowest BCUT2D eigenvalue weighted by Crippen LogP contribution is -2.44. The van der Waals surface area contributed by atoms with Crippen LogP contribution in [0.2, 0.25) is 0 Å². The average molecular weight is 371 g/mol. The molecule has 1 aromatic carbocycles. The highest BCUT2D eigenvalue weighted by Crippen LogP contribution is 2.23. The number of methoxy groups -OCH3 is 1. The monoisotopic (exact) mass is 371 g/mol. The molecule has 1 unspecified atom stereocenters. The van der Waals surface area contributed by atoms with Crippen molar-refractivity contribution >= 4 is 17.7 Å². The highest BCUT2D eigenvalue weighted by atomic mass is 16.5. The van der Waals surface area contributed by atoms with Crippen molar-refractivity contribution in [2.24, 2.45) is 5.92 Å². The van der Waals surface area contributed by atoms with Gasteiger partial charge in [0, 0.05) is 19.2 Å². The standard InChI is InChI=1S/C19H21N3O5/c1-26-15-5-7-16(8-6-15)27-17-9-4-14(11-20-17)21-19(25)22-10-2-3-13(12-22)18(23)24/h4-9,11,13H,2-3,10,12H2,1H3,(H,21,25)(H,23,24). The van der Waals surface area contributed by atoms with E-state index in [0.717, 1.165) is 5.75 Å². The number of nitrogens with one attached hydrogen (secondary N) is 1. The minimum atomic E-state index is -0.866. The van der Waals surface area contributed by atoms with Crippen LogP contribution in [0, 0.1) is 5.92 Å². The van der Waals surface area contributed by atoms with Gasteiger partial charge in [-0.25, -0.2) is 9.78 Å². The van der Waals surface area contributed by atoms with Crippen LogP contribution in [0.25, 0.3) is 0 Å². The number of anilines is 1. The van der Waals surface area contributed by atoms with Crippen molar-refractivity contribution in [3.8, 4) is 17.4 Å². The molecular formula is C19H21N3O5. The number of carboxylic acids is 1. The Kier molecular flexibility index (Phi) is 5.75. The van der Waals surface area contributed by atoms with Crippen LogP contribution < -0.4 is 14.8 Å². The number of hydrogen-bond acceptors (Lipinski definition) is 5. The van der Waals surface area contributed by atoms with Gasteiger partial charge in [-0.2, -0.15) is 0 Å². The summed E-state index contributed by atoms with van der Waals surface area (Å²) >= 11 is 0. The van der Waals surface area contributed by atoms with Crippen LogP contribution in [-0.4, -0.2) is 47.2 Å². The first kappa shape index (κ1) is 18.5. The van der Waals surface area contributed by atoms with E-state index < -0.39 is 11.9 Å². The van der Waals surface area contributed by atoms with Crippen LogP contribution in [0.5, 0.6) is 17.4 Å². The molecule has 1 saturated heterocycles. The van der Waals surface area contributed by atoms with Crippen LogP contribution >= 0.6 is 0 Å². The Balaban J connectivity index is 1.56. The molecule has 8 heteroatoms. The summed E-state index contributed by atoms with van der Waals surface area (Å²) in [6, 6.07) is 10.1. The first-order valence-corrected chi connectivity index (χ1v) is 8.62. The predicted octanol–water partition coefficient (Wildman–Crippen LogP) is 3.21.